The Labute approximate surface area is 163 Å². The van der Waals surface area contributed by atoms with Crippen LogP contribution in [0.1, 0.15) is 39.2 Å². The number of hydrogen-bond donors (Lipinski definition) is 0. The van der Waals surface area contributed by atoms with Crippen molar-refractivity contribution in [3.05, 3.63) is 40.2 Å². The molecule has 7 nitrogen and oxygen atoms in total. The first-order chi connectivity index (χ1) is 13.2. The molecule has 0 N–H and O–H groups in total. The predicted molar refractivity (Wildman–Crippen MR) is 103 cm³/mol. The molecule has 0 saturated carbocycles. The molecule has 0 spiro atoms. The zero-order valence-electron chi connectivity index (χ0n) is 16.6. The van der Waals surface area contributed by atoms with E-state index in [2.05, 4.69) is 0 Å². The summed E-state index contributed by atoms with van der Waals surface area (Å²) in [5.74, 6) is -0.0414. The number of rotatable bonds is 4. The molecule has 1 aromatic carbocycles. The minimum Gasteiger partial charge on any atom is -0.497 e. The minimum atomic E-state index is -0.609. The lowest BCUT2D eigenvalue weighted by Crippen LogP contribution is -2.44. The molecular weight excluding hydrogens is 362 g/mol. The van der Waals surface area contributed by atoms with Crippen LogP contribution in [0, 0.1) is 0 Å². The van der Waals surface area contributed by atoms with Crippen molar-refractivity contribution in [2.45, 2.75) is 51.7 Å². The highest BCUT2D eigenvalue weighted by atomic mass is 16.6. The molecule has 1 amide bonds. The second-order valence-corrected chi connectivity index (χ2v) is 7.91. The second kappa shape index (κ2) is 7.66. The fraction of sp³-hybridized carbons (Fsp3) is 0.476. The summed E-state index contributed by atoms with van der Waals surface area (Å²) >= 11 is 0. The van der Waals surface area contributed by atoms with E-state index in [1.807, 2.05) is 0 Å². The molecule has 1 fully saturated rings. The third-order valence-corrected chi connectivity index (χ3v) is 4.63. The van der Waals surface area contributed by atoms with Crippen molar-refractivity contribution in [3.63, 3.8) is 0 Å². The van der Waals surface area contributed by atoms with Crippen LogP contribution in [0.5, 0.6) is 5.75 Å². The quantitative estimate of drug-likeness (QED) is 0.592. The topological polar surface area (TPSA) is 86.0 Å². The number of ether oxygens (including phenoxy) is 2. The number of carbonyl (C=O) groups is 2. The molecule has 28 heavy (non-hydrogen) atoms. The summed E-state index contributed by atoms with van der Waals surface area (Å²) in [5, 5.41) is 0.668. The average molecular weight is 387 g/mol. The Bertz CT molecular complexity index is 956. The van der Waals surface area contributed by atoms with E-state index in [0.29, 0.717) is 35.2 Å². The van der Waals surface area contributed by atoms with Gasteiger partial charge in [0.15, 0.2) is 0 Å². The summed E-state index contributed by atoms with van der Waals surface area (Å²) in [6.07, 6.45) is 1.33. The molecule has 2 heterocycles. The van der Waals surface area contributed by atoms with Crippen LogP contribution in [-0.4, -0.2) is 42.1 Å². The van der Waals surface area contributed by atoms with E-state index >= 15 is 0 Å². The summed E-state index contributed by atoms with van der Waals surface area (Å²) in [5.41, 5.74) is -0.218. The van der Waals surface area contributed by atoms with Crippen LogP contribution < -0.4 is 10.4 Å². The van der Waals surface area contributed by atoms with Crippen LogP contribution in [-0.2, 0) is 20.7 Å². The lowest BCUT2D eigenvalue weighted by molar-refractivity contribution is -0.163. The Morgan fingerprint density at radius 1 is 1.25 bits per heavy atom. The fourth-order valence-corrected chi connectivity index (χ4v) is 3.43. The molecule has 1 saturated heterocycles. The zero-order valence-corrected chi connectivity index (χ0v) is 16.6. The lowest BCUT2D eigenvalue weighted by atomic mass is 10.1. The molecule has 1 aromatic heterocycles. The third kappa shape index (κ3) is 4.35. The maximum absolute atomic E-state index is 12.9. The largest absolute Gasteiger partial charge is 0.497 e. The summed E-state index contributed by atoms with van der Waals surface area (Å²) in [6, 6.07) is 5.86. The molecule has 1 aliphatic rings. The van der Waals surface area contributed by atoms with Gasteiger partial charge in [-0.15, -0.1) is 0 Å². The molecule has 2 aromatic rings. The standard InChI is InChI=1S/C21H25NO6/c1-21(2,3)28-20(25)16-6-5-9-22(16)18(23)10-13-11-19(24)27-17-12-14(26-4)7-8-15(13)17/h7-8,11-12,16H,5-6,9-10H2,1-4H3/t16-/m0/s1. The van der Waals surface area contributed by atoms with Crippen LogP contribution in [0.4, 0.5) is 0 Å². The summed E-state index contributed by atoms with van der Waals surface area (Å²) < 4.78 is 15.8. The molecule has 0 bridgehead atoms. The molecule has 7 heteroatoms. The molecule has 150 valence electrons. The molecule has 0 unspecified atom stereocenters. The summed E-state index contributed by atoms with van der Waals surface area (Å²) in [4.78, 5) is 38.9. The van der Waals surface area contributed by atoms with Crippen LogP contribution in [0.25, 0.3) is 11.0 Å². The van der Waals surface area contributed by atoms with Gasteiger partial charge in [0.25, 0.3) is 0 Å². The van der Waals surface area contributed by atoms with E-state index in [4.69, 9.17) is 13.9 Å². The van der Waals surface area contributed by atoms with Gasteiger partial charge in [-0.25, -0.2) is 9.59 Å². The first-order valence-corrected chi connectivity index (χ1v) is 9.31. The second-order valence-electron chi connectivity index (χ2n) is 7.91. The Morgan fingerprint density at radius 3 is 2.68 bits per heavy atom. The molecule has 0 radical (unpaired) electrons. The minimum absolute atomic E-state index is 0.00767. The number of methoxy groups -OCH3 is 1. The van der Waals surface area contributed by atoms with Gasteiger partial charge in [0.05, 0.1) is 13.5 Å². The van der Waals surface area contributed by atoms with Gasteiger partial charge in [-0.1, -0.05) is 0 Å². The Morgan fingerprint density at radius 2 is 2.00 bits per heavy atom. The number of hydrogen-bond acceptors (Lipinski definition) is 6. The number of amides is 1. The van der Waals surface area contributed by atoms with Crippen LogP contribution in [0.2, 0.25) is 0 Å². The Hall–Kier alpha value is -2.83. The van der Waals surface area contributed by atoms with Gasteiger partial charge in [-0.05, 0) is 51.3 Å². The average Bonchev–Trinajstić information content (AvgIpc) is 3.09. The molecule has 0 aliphatic carbocycles. The maximum atomic E-state index is 12.9. The first kappa shape index (κ1) is 19.9. The fourth-order valence-electron chi connectivity index (χ4n) is 3.43. The smallest absolute Gasteiger partial charge is 0.336 e. The normalized spacial score (nSPS) is 17.0. The highest BCUT2D eigenvalue weighted by Crippen LogP contribution is 2.25. The van der Waals surface area contributed by atoms with Gasteiger partial charge in [0, 0.05) is 24.1 Å². The number of likely N-dealkylation sites (tertiary alicyclic amines) is 1. The van der Waals surface area contributed by atoms with Gasteiger partial charge in [-0.2, -0.15) is 0 Å². The number of fused-ring (bicyclic) bond motifs is 1. The molecule has 3 rings (SSSR count). The molecule has 1 atom stereocenters. The van der Waals surface area contributed by atoms with Gasteiger partial charge in [0.1, 0.15) is 23.0 Å². The third-order valence-electron chi connectivity index (χ3n) is 4.63. The van der Waals surface area contributed by atoms with E-state index < -0.39 is 17.3 Å². The monoisotopic (exact) mass is 387 g/mol. The maximum Gasteiger partial charge on any atom is 0.336 e. The summed E-state index contributed by atoms with van der Waals surface area (Å²) in [6.45, 7) is 5.90. The summed E-state index contributed by atoms with van der Waals surface area (Å²) in [7, 11) is 1.52. The van der Waals surface area contributed by atoms with E-state index in [-0.39, 0.29) is 18.3 Å². The van der Waals surface area contributed by atoms with Crippen molar-refractivity contribution in [2.24, 2.45) is 0 Å². The zero-order chi connectivity index (χ0) is 20.5. The first-order valence-electron chi connectivity index (χ1n) is 9.31. The van der Waals surface area contributed by atoms with E-state index in [0.717, 1.165) is 6.42 Å². The molecular formula is C21H25NO6. The highest BCUT2D eigenvalue weighted by Gasteiger charge is 2.36. The molecule has 1 aliphatic heterocycles. The van der Waals surface area contributed by atoms with Crippen LogP contribution >= 0.6 is 0 Å². The van der Waals surface area contributed by atoms with Crippen molar-refractivity contribution in [2.75, 3.05) is 13.7 Å². The predicted octanol–water partition coefficient (Wildman–Crippen LogP) is 2.68. The Balaban J connectivity index is 1.84. The van der Waals surface area contributed by atoms with Crippen LogP contribution in [0.15, 0.2) is 33.5 Å². The van der Waals surface area contributed by atoms with Gasteiger partial charge >= 0.3 is 11.6 Å². The van der Waals surface area contributed by atoms with Crippen LogP contribution in [0.3, 0.4) is 0 Å². The van der Waals surface area contributed by atoms with Crippen molar-refractivity contribution in [3.8, 4) is 5.75 Å². The number of esters is 1. The van der Waals surface area contributed by atoms with E-state index in [1.54, 1.807) is 43.9 Å². The number of benzene rings is 1. The Kier molecular flexibility index (Phi) is 5.45. The highest BCUT2D eigenvalue weighted by molar-refractivity contribution is 5.90. The van der Waals surface area contributed by atoms with Crippen molar-refractivity contribution in [1.29, 1.82) is 0 Å². The number of nitrogens with zero attached hydrogens (tertiary/aromatic N) is 1. The van der Waals surface area contributed by atoms with Crippen molar-refractivity contribution >= 4 is 22.8 Å². The van der Waals surface area contributed by atoms with Gasteiger partial charge in [-0.3, -0.25) is 4.79 Å². The van der Waals surface area contributed by atoms with Gasteiger partial charge < -0.3 is 18.8 Å². The lowest BCUT2D eigenvalue weighted by Gasteiger charge is -2.27. The number of carbonyl (C=O) groups excluding carboxylic acids is 2. The van der Waals surface area contributed by atoms with Gasteiger partial charge in [0.2, 0.25) is 5.91 Å². The van der Waals surface area contributed by atoms with E-state index in [1.165, 1.54) is 13.2 Å². The van der Waals surface area contributed by atoms with Crippen molar-refractivity contribution in [1.82, 2.24) is 4.90 Å². The van der Waals surface area contributed by atoms with E-state index in [9.17, 15) is 14.4 Å². The van der Waals surface area contributed by atoms with Crippen molar-refractivity contribution < 1.29 is 23.5 Å². The SMILES string of the molecule is COc1ccc2c(CC(=O)N3CCC[C@H]3C(=O)OC(C)(C)C)cc(=O)oc2c1.